The Morgan fingerprint density at radius 2 is 1.97 bits per heavy atom. The molecule has 2 N–H and O–H groups in total. The van der Waals surface area contributed by atoms with E-state index in [0.29, 0.717) is 51.2 Å². The number of aromatic nitrogens is 1. The number of carbonyl (C=O) groups excluding carboxylic acids is 4. The second-order valence-corrected chi connectivity index (χ2v) is 20.2. The number of hydrazine groups is 1. The maximum Gasteiger partial charge on any atom is 0.324 e. The number of rotatable bonds is 12. The van der Waals surface area contributed by atoms with Gasteiger partial charge in [0.25, 0.3) is 11.8 Å². The Bertz CT molecular complexity index is 2350. The third kappa shape index (κ3) is 11.0. The van der Waals surface area contributed by atoms with Crippen LogP contribution in [0, 0.1) is 17.3 Å². The minimum Gasteiger partial charge on any atom is -0.464 e. The van der Waals surface area contributed by atoms with Crippen LogP contribution in [0.2, 0.25) is 0 Å². The molecule has 1 aromatic heterocycles. The molecule has 4 atom stereocenters. The van der Waals surface area contributed by atoms with Crippen LogP contribution >= 0.6 is 11.8 Å². The Kier molecular flexibility index (Phi) is 15.6. The van der Waals surface area contributed by atoms with Gasteiger partial charge in [-0.05, 0) is 89.5 Å². The molecule has 1 aromatic carbocycles. The number of aryl methyl sites for hydroxylation is 1. The molecule has 0 spiro atoms. The van der Waals surface area contributed by atoms with Crippen LogP contribution in [0.15, 0.2) is 46.5 Å². The van der Waals surface area contributed by atoms with Crippen LogP contribution in [-0.2, 0) is 46.4 Å². The summed E-state index contributed by atoms with van der Waals surface area (Å²) >= 11 is 1.59. The van der Waals surface area contributed by atoms with E-state index in [0.717, 1.165) is 63.5 Å². The van der Waals surface area contributed by atoms with E-state index >= 15 is 0 Å². The van der Waals surface area contributed by atoms with E-state index in [1.54, 1.807) is 30.0 Å². The van der Waals surface area contributed by atoms with E-state index in [2.05, 4.69) is 77.6 Å². The lowest BCUT2D eigenvalue weighted by Crippen LogP contribution is -2.60. The molecule has 6 heterocycles. The van der Waals surface area contributed by atoms with Crippen LogP contribution in [-0.4, -0.2) is 143 Å². The molecule has 5 aliphatic rings. The number of carbonyl (C=O) groups is 4. The molecule has 0 aliphatic carbocycles. The molecule has 16 heteroatoms. The van der Waals surface area contributed by atoms with Gasteiger partial charge in [0.2, 0.25) is 5.91 Å². The van der Waals surface area contributed by atoms with Crippen LogP contribution in [0.4, 0.5) is 0 Å². The lowest BCUT2D eigenvalue weighted by molar-refractivity contribution is -0.155. The number of esters is 1. The van der Waals surface area contributed by atoms with Crippen molar-refractivity contribution in [1.82, 2.24) is 30.1 Å². The first kappa shape index (κ1) is 49.1. The van der Waals surface area contributed by atoms with E-state index in [1.165, 1.54) is 5.01 Å². The zero-order chi connectivity index (χ0) is 47.3. The van der Waals surface area contributed by atoms with Gasteiger partial charge in [-0.15, -0.1) is 11.8 Å². The van der Waals surface area contributed by atoms with Gasteiger partial charge in [-0.3, -0.25) is 39.1 Å². The molecule has 3 fully saturated rings. The molecule has 2 aromatic rings. The second-order valence-electron chi connectivity index (χ2n) is 19.2. The Morgan fingerprint density at radius 1 is 1.20 bits per heavy atom. The highest BCUT2D eigenvalue weighted by Crippen LogP contribution is 2.41. The number of nitrogens with one attached hydrogen (secondary N) is 2. The number of cyclic esters (lactones) is 1. The molecule has 1 unspecified atom stereocenters. The van der Waals surface area contributed by atoms with E-state index in [4.69, 9.17) is 24.2 Å². The maximum absolute atomic E-state index is 14.3. The van der Waals surface area contributed by atoms with Gasteiger partial charge in [0.15, 0.2) is 0 Å². The molecule has 66 heavy (non-hydrogen) atoms. The van der Waals surface area contributed by atoms with Gasteiger partial charge in [0, 0.05) is 93.1 Å². The number of methoxy groups -OCH3 is 1. The van der Waals surface area contributed by atoms with Gasteiger partial charge in [-0.25, -0.2) is 5.43 Å². The fourth-order valence-corrected chi connectivity index (χ4v) is 10.3. The lowest BCUT2D eigenvalue weighted by atomic mass is 9.84. The summed E-state index contributed by atoms with van der Waals surface area (Å²) in [5.74, 6) is 5.27. The van der Waals surface area contributed by atoms with E-state index in [1.807, 2.05) is 33.8 Å². The van der Waals surface area contributed by atoms with Crippen LogP contribution in [0.5, 0.6) is 0 Å². The van der Waals surface area contributed by atoms with E-state index in [9.17, 15) is 19.2 Å². The molecule has 3 amide bonds. The summed E-state index contributed by atoms with van der Waals surface area (Å²) in [7, 11) is 1.68. The van der Waals surface area contributed by atoms with Crippen LogP contribution in [0.3, 0.4) is 0 Å². The van der Waals surface area contributed by atoms with Crippen LogP contribution in [0.25, 0.3) is 16.5 Å². The third-order valence-electron chi connectivity index (χ3n) is 13.3. The highest BCUT2D eigenvalue weighted by Gasteiger charge is 2.38. The predicted octanol–water partition coefficient (Wildman–Crippen LogP) is 5.47. The van der Waals surface area contributed by atoms with Crippen LogP contribution < -0.4 is 10.7 Å². The Balaban J connectivity index is 1.12. The summed E-state index contributed by atoms with van der Waals surface area (Å²) in [6.07, 6.45) is 6.17. The first-order valence-electron chi connectivity index (χ1n) is 23.5. The zero-order valence-electron chi connectivity index (χ0n) is 40.0. The number of hydrogen-bond donors (Lipinski definition) is 2. The highest BCUT2D eigenvalue weighted by atomic mass is 32.2. The van der Waals surface area contributed by atoms with Gasteiger partial charge >= 0.3 is 5.97 Å². The quantitative estimate of drug-likeness (QED) is 0.121. The third-order valence-corrected chi connectivity index (χ3v) is 14.4. The predicted molar refractivity (Wildman–Crippen MR) is 260 cm³/mol. The number of thioether (sulfide) groups is 1. The highest BCUT2D eigenvalue weighted by molar-refractivity contribution is 8.14. The monoisotopic (exact) mass is 924 g/mol. The first-order valence-corrected chi connectivity index (χ1v) is 24.5. The lowest BCUT2D eigenvalue weighted by Gasteiger charge is -2.41. The fourth-order valence-electron chi connectivity index (χ4n) is 9.25. The number of nitrogens with zero attached hydrogens (tertiary/aromatic N) is 6. The van der Waals surface area contributed by atoms with Crippen molar-refractivity contribution in [2.24, 2.45) is 15.4 Å². The molecule has 7 rings (SSSR count). The Hall–Kier alpha value is -4.79. The number of amides is 3. The number of aliphatic imine (C=N–C) groups is 2. The zero-order valence-corrected chi connectivity index (χ0v) is 40.9. The van der Waals surface area contributed by atoms with Gasteiger partial charge in [-0.2, -0.15) is 0 Å². The van der Waals surface area contributed by atoms with Crippen molar-refractivity contribution >= 4 is 63.2 Å². The summed E-state index contributed by atoms with van der Waals surface area (Å²) in [5.41, 5.74) is 8.16. The van der Waals surface area contributed by atoms with E-state index < -0.39 is 23.5 Å². The molecular formula is C50H68N8O7S. The number of likely N-dealkylation sites (tertiary alicyclic amines) is 2. The molecule has 6 bridgehead atoms. The smallest absolute Gasteiger partial charge is 0.324 e. The normalized spacial score (nSPS) is 23.8. The van der Waals surface area contributed by atoms with Crippen molar-refractivity contribution in [3.05, 3.63) is 53.4 Å². The number of fused-ring (bicyclic) bond motifs is 5. The van der Waals surface area contributed by atoms with Crippen molar-refractivity contribution in [2.45, 2.75) is 129 Å². The van der Waals surface area contributed by atoms with Crippen molar-refractivity contribution < 1.29 is 33.4 Å². The number of ether oxygens (including phenoxy) is 3. The molecule has 5 aliphatic heterocycles. The summed E-state index contributed by atoms with van der Waals surface area (Å²) in [5, 5.41) is 6.28. The number of allylic oxidation sites excluding steroid dienone is 2. The van der Waals surface area contributed by atoms with Crippen molar-refractivity contribution in [3.63, 3.8) is 0 Å². The summed E-state index contributed by atoms with van der Waals surface area (Å²) < 4.78 is 20.2. The van der Waals surface area contributed by atoms with Gasteiger partial charge in [0.1, 0.15) is 12.1 Å². The molecular weight excluding hydrogens is 857 g/mol. The molecule has 0 radical (unpaired) electrons. The molecule has 356 valence electrons. The standard InChI is InChI=1S/C50H68N8O7S/c1-10-35(45(51-11-2)32(4)63-9)46-37-27-49(5,6)31-65-48(62)38-15-13-23-58(54-38)47(61)39(26-43-53-40(30-66-43)33-16-17-41(36(37)25-33)57(46)12-3)52-42(59)19-24-64-34-28-55(29-34)44(60)18-20-50(7,8)56-21-14-22-56/h10-11,16-17,25,32,34,38-40,54H,1,12-15,19,21-24,26-31H2,2-9H3,(H,52,59)/b45-35+,51-11-/t32-,38-,39-,40?/m0/s1. The molecule has 0 saturated carbocycles. The fraction of sp³-hybridized carbons (Fsp3) is 0.600. The van der Waals surface area contributed by atoms with Gasteiger partial charge in [0.05, 0.1) is 53.4 Å². The summed E-state index contributed by atoms with van der Waals surface area (Å²) in [6.45, 7) is 22.7. The summed E-state index contributed by atoms with van der Waals surface area (Å²) in [6, 6.07) is 4.68. The van der Waals surface area contributed by atoms with Crippen molar-refractivity contribution in [1.29, 1.82) is 0 Å². The van der Waals surface area contributed by atoms with Crippen molar-refractivity contribution in [3.8, 4) is 11.8 Å². The number of benzene rings is 1. The van der Waals surface area contributed by atoms with Crippen LogP contribution in [0.1, 0.15) is 103 Å². The average Bonchev–Trinajstić information content (AvgIpc) is 3.85. The number of hydrogen-bond acceptors (Lipinski definition) is 12. The molecule has 15 nitrogen and oxygen atoms in total. The van der Waals surface area contributed by atoms with Gasteiger partial charge < -0.3 is 29.0 Å². The Labute approximate surface area is 394 Å². The molecule has 3 saturated heterocycles. The minimum atomic E-state index is -0.938. The minimum absolute atomic E-state index is 0.0274. The Morgan fingerprint density at radius 3 is 2.65 bits per heavy atom. The topological polar surface area (TPSA) is 159 Å². The van der Waals surface area contributed by atoms with Crippen molar-refractivity contribution in [2.75, 3.05) is 58.8 Å². The first-order chi connectivity index (χ1) is 31.6. The summed E-state index contributed by atoms with van der Waals surface area (Å²) in [4.78, 5) is 68.3. The largest absolute Gasteiger partial charge is 0.464 e. The van der Waals surface area contributed by atoms with Gasteiger partial charge in [-0.1, -0.05) is 38.5 Å². The maximum atomic E-state index is 14.3. The van der Waals surface area contributed by atoms with E-state index in [-0.39, 0.29) is 67.6 Å². The average molecular weight is 925 g/mol. The second kappa shape index (κ2) is 21.0. The SMILES string of the molecule is C=C/C(=C(\N=C/C)[C@H](C)OC)c1c2c3cc(ccc3n1CC)C1CSC(=N1)C[C@H](NC(=O)CCOC1CN(C(=O)C#CC(C)(C)N3CCC3)C1)C(=O)N1CCC[C@H](N1)C(=O)OCC(C)(C)C2.